The molecule has 0 saturated carbocycles. The molecule has 0 aliphatic carbocycles. The zero-order valence-corrected chi connectivity index (χ0v) is 16.4. The third kappa shape index (κ3) is 10.1. The normalized spacial score (nSPS) is 12.9. The molecule has 0 amide bonds. The lowest BCUT2D eigenvalue weighted by Gasteiger charge is -2.19. The highest BCUT2D eigenvalue weighted by Crippen LogP contribution is 2.19. The molecule has 0 saturated heterocycles. The van der Waals surface area contributed by atoms with Gasteiger partial charge in [-0.2, -0.15) is 0 Å². The SMILES string of the molecule is C.C.CC(CNS(=O)(=O)C(C)C)c1ccc(OCCOC(C)(C)C)cc1. The summed E-state index contributed by atoms with van der Waals surface area (Å²) in [5, 5.41) is -0.421. The van der Waals surface area contributed by atoms with E-state index in [1.165, 1.54) is 0 Å². The van der Waals surface area contributed by atoms with E-state index < -0.39 is 15.3 Å². The van der Waals surface area contributed by atoms with Gasteiger partial charge in [0, 0.05) is 6.54 Å². The van der Waals surface area contributed by atoms with Gasteiger partial charge < -0.3 is 9.47 Å². The molecule has 0 spiro atoms. The van der Waals surface area contributed by atoms with Crippen LogP contribution in [0, 0.1) is 0 Å². The standard InChI is InChI=1S/C18H31NO4S.2CH4/c1-14(2)24(20,21)19-13-15(3)16-7-9-17(10-8-16)22-11-12-23-18(4,5)6;;/h7-10,14-15,19H,11-13H2,1-6H3;2*1H4. The van der Waals surface area contributed by atoms with Crippen molar-refractivity contribution >= 4 is 10.0 Å². The van der Waals surface area contributed by atoms with Crippen LogP contribution in [0.5, 0.6) is 5.75 Å². The Morgan fingerprint density at radius 1 is 1.00 bits per heavy atom. The number of benzene rings is 1. The van der Waals surface area contributed by atoms with Crippen LogP contribution < -0.4 is 9.46 Å². The number of rotatable bonds is 9. The summed E-state index contributed by atoms with van der Waals surface area (Å²) in [7, 11) is -3.23. The Labute approximate surface area is 161 Å². The van der Waals surface area contributed by atoms with E-state index in [2.05, 4.69) is 4.72 Å². The number of hydrogen-bond donors (Lipinski definition) is 1. The Bertz CT molecular complexity index is 589. The summed E-state index contributed by atoms with van der Waals surface area (Å²) >= 11 is 0. The molecule has 0 bridgehead atoms. The van der Waals surface area contributed by atoms with Crippen LogP contribution >= 0.6 is 0 Å². The van der Waals surface area contributed by atoms with Crippen LogP contribution in [0.1, 0.15) is 67.9 Å². The minimum Gasteiger partial charge on any atom is -0.491 e. The van der Waals surface area contributed by atoms with Crippen LogP contribution in [-0.2, 0) is 14.8 Å². The zero-order chi connectivity index (χ0) is 18.4. The Morgan fingerprint density at radius 3 is 2.00 bits per heavy atom. The molecule has 0 radical (unpaired) electrons. The van der Waals surface area contributed by atoms with Crippen molar-refractivity contribution in [1.82, 2.24) is 4.72 Å². The van der Waals surface area contributed by atoms with E-state index in [9.17, 15) is 8.42 Å². The fourth-order valence-corrected chi connectivity index (χ4v) is 2.74. The quantitative estimate of drug-likeness (QED) is 0.628. The Morgan fingerprint density at radius 2 is 1.54 bits per heavy atom. The van der Waals surface area contributed by atoms with Gasteiger partial charge >= 0.3 is 0 Å². The highest BCUT2D eigenvalue weighted by Gasteiger charge is 2.17. The molecule has 1 N–H and O–H groups in total. The first-order chi connectivity index (χ1) is 11.0. The molecule has 6 heteroatoms. The van der Waals surface area contributed by atoms with E-state index in [1.54, 1.807) is 13.8 Å². The Hall–Kier alpha value is -1.11. The van der Waals surface area contributed by atoms with Crippen molar-refractivity contribution in [2.45, 2.75) is 73.2 Å². The lowest BCUT2D eigenvalue weighted by molar-refractivity contribution is -0.0163. The number of ether oxygens (including phenoxy) is 2. The number of hydrogen-bond acceptors (Lipinski definition) is 4. The van der Waals surface area contributed by atoms with Gasteiger partial charge in [-0.15, -0.1) is 0 Å². The molecule has 154 valence electrons. The molecule has 0 aliphatic rings. The summed E-state index contributed by atoms with van der Waals surface area (Å²) in [6.45, 7) is 12.8. The van der Waals surface area contributed by atoms with E-state index in [-0.39, 0.29) is 26.4 Å². The second-order valence-corrected chi connectivity index (χ2v) is 9.54. The third-order valence-corrected chi connectivity index (χ3v) is 5.36. The summed E-state index contributed by atoms with van der Waals surface area (Å²) in [5.74, 6) is 0.878. The van der Waals surface area contributed by atoms with Gasteiger partial charge in [0.25, 0.3) is 0 Å². The van der Waals surface area contributed by atoms with Gasteiger partial charge in [0.15, 0.2) is 0 Å². The first-order valence-electron chi connectivity index (χ1n) is 8.36. The van der Waals surface area contributed by atoms with Crippen molar-refractivity contribution < 1.29 is 17.9 Å². The van der Waals surface area contributed by atoms with E-state index >= 15 is 0 Å². The van der Waals surface area contributed by atoms with Crippen molar-refractivity contribution in [3.8, 4) is 5.75 Å². The number of nitrogens with one attached hydrogen (secondary N) is 1. The molecule has 26 heavy (non-hydrogen) atoms. The van der Waals surface area contributed by atoms with E-state index in [4.69, 9.17) is 9.47 Å². The van der Waals surface area contributed by atoms with Gasteiger partial charge in [0.1, 0.15) is 12.4 Å². The second kappa shape index (κ2) is 11.6. The molecule has 0 aliphatic heterocycles. The van der Waals surface area contributed by atoms with Crippen LogP contribution in [0.4, 0.5) is 0 Å². The second-order valence-electron chi connectivity index (χ2n) is 7.22. The first-order valence-corrected chi connectivity index (χ1v) is 9.91. The van der Waals surface area contributed by atoms with Gasteiger partial charge in [-0.3, -0.25) is 0 Å². The van der Waals surface area contributed by atoms with E-state index in [0.29, 0.717) is 19.8 Å². The largest absolute Gasteiger partial charge is 0.491 e. The molecule has 1 rings (SSSR count). The molecule has 5 nitrogen and oxygen atoms in total. The molecular weight excluding hydrogens is 350 g/mol. The van der Waals surface area contributed by atoms with Gasteiger partial charge in [-0.05, 0) is 58.2 Å². The molecule has 0 aromatic heterocycles. The Balaban J connectivity index is 0. The summed E-state index contributed by atoms with van der Waals surface area (Å²) < 4.78 is 37.5. The van der Waals surface area contributed by atoms with Gasteiger partial charge in [-0.25, -0.2) is 13.1 Å². The zero-order valence-electron chi connectivity index (χ0n) is 15.6. The van der Waals surface area contributed by atoms with Crippen LogP contribution in [0.15, 0.2) is 24.3 Å². The predicted molar refractivity (Wildman–Crippen MR) is 112 cm³/mol. The van der Waals surface area contributed by atoms with Gasteiger partial charge in [-0.1, -0.05) is 33.9 Å². The molecule has 0 fully saturated rings. The number of sulfonamides is 1. The summed E-state index contributed by atoms with van der Waals surface area (Å²) in [6, 6.07) is 7.74. The maximum Gasteiger partial charge on any atom is 0.213 e. The summed E-state index contributed by atoms with van der Waals surface area (Å²) in [6.07, 6.45) is 0. The topological polar surface area (TPSA) is 64.6 Å². The summed E-state index contributed by atoms with van der Waals surface area (Å²) in [5.41, 5.74) is 0.908. The lowest BCUT2D eigenvalue weighted by atomic mass is 10.0. The van der Waals surface area contributed by atoms with Crippen molar-refractivity contribution in [1.29, 1.82) is 0 Å². The molecule has 1 aromatic carbocycles. The molecular formula is C20H39NO4S. The van der Waals surface area contributed by atoms with E-state index in [1.807, 2.05) is 52.0 Å². The highest BCUT2D eigenvalue weighted by atomic mass is 32.2. The van der Waals surface area contributed by atoms with Crippen molar-refractivity contribution in [3.63, 3.8) is 0 Å². The van der Waals surface area contributed by atoms with Crippen LogP contribution in [0.25, 0.3) is 0 Å². The fraction of sp³-hybridized carbons (Fsp3) is 0.700. The average molecular weight is 390 g/mol. The summed E-state index contributed by atoms with van der Waals surface area (Å²) in [4.78, 5) is 0. The first kappa shape index (κ1) is 27.1. The predicted octanol–water partition coefficient (Wildman–Crippen LogP) is 4.58. The molecule has 1 aromatic rings. The lowest BCUT2D eigenvalue weighted by Crippen LogP contribution is -2.33. The van der Waals surface area contributed by atoms with Crippen molar-refractivity contribution in [3.05, 3.63) is 29.8 Å². The van der Waals surface area contributed by atoms with Crippen LogP contribution in [0.3, 0.4) is 0 Å². The highest BCUT2D eigenvalue weighted by molar-refractivity contribution is 7.90. The maximum atomic E-state index is 11.8. The third-order valence-electron chi connectivity index (χ3n) is 3.55. The van der Waals surface area contributed by atoms with Crippen molar-refractivity contribution in [2.24, 2.45) is 0 Å². The van der Waals surface area contributed by atoms with Crippen molar-refractivity contribution in [2.75, 3.05) is 19.8 Å². The Kier molecular flexibility index (Phi) is 12.1. The fourth-order valence-electron chi connectivity index (χ4n) is 1.93. The monoisotopic (exact) mass is 389 g/mol. The van der Waals surface area contributed by atoms with E-state index in [0.717, 1.165) is 11.3 Å². The molecule has 0 heterocycles. The van der Waals surface area contributed by atoms with Gasteiger partial charge in [0.2, 0.25) is 10.0 Å². The molecule has 1 atom stereocenters. The average Bonchev–Trinajstić information content (AvgIpc) is 2.49. The van der Waals surface area contributed by atoms with Crippen LogP contribution in [0.2, 0.25) is 0 Å². The molecule has 1 unspecified atom stereocenters. The van der Waals surface area contributed by atoms with Gasteiger partial charge in [0.05, 0.1) is 17.5 Å². The minimum absolute atomic E-state index is 0. The van der Waals surface area contributed by atoms with Crippen LogP contribution in [-0.4, -0.2) is 39.0 Å². The smallest absolute Gasteiger partial charge is 0.213 e. The maximum absolute atomic E-state index is 11.8. The minimum atomic E-state index is -3.23.